The zero-order valence-electron chi connectivity index (χ0n) is 10.2. The van der Waals surface area contributed by atoms with Crippen LogP contribution in [-0.2, 0) is 9.47 Å². The molecule has 0 aliphatic heterocycles. The van der Waals surface area contributed by atoms with Gasteiger partial charge in [0.25, 0.3) is 0 Å². The van der Waals surface area contributed by atoms with Crippen LogP contribution in [-0.4, -0.2) is 49.4 Å². The summed E-state index contributed by atoms with van der Waals surface area (Å²) in [5.74, 6) is 0. The molecule has 0 saturated heterocycles. The number of aliphatic hydroxyl groups excluding tert-OH is 2. The summed E-state index contributed by atoms with van der Waals surface area (Å²) in [5.41, 5.74) is -0.0685. The van der Waals surface area contributed by atoms with Crippen LogP contribution in [0.15, 0.2) is 0 Å². The molecule has 2 unspecified atom stereocenters. The molecule has 92 valence electrons. The predicted molar refractivity (Wildman–Crippen MR) is 58.8 cm³/mol. The van der Waals surface area contributed by atoms with Gasteiger partial charge in [0.1, 0.15) is 6.10 Å². The highest BCUT2D eigenvalue weighted by atomic mass is 16.5. The van der Waals surface area contributed by atoms with Crippen LogP contribution in [0.3, 0.4) is 0 Å². The van der Waals surface area contributed by atoms with Gasteiger partial charge in [0, 0.05) is 7.11 Å². The van der Waals surface area contributed by atoms with Gasteiger partial charge >= 0.3 is 0 Å². The normalized spacial score (nSPS) is 16.4. The van der Waals surface area contributed by atoms with Gasteiger partial charge in [0.05, 0.1) is 25.9 Å². The monoisotopic (exact) mass is 220 g/mol. The van der Waals surface area contributed by atoms with E-state index in [1.807, 2.05) is 13.8 Å². The second-order valence-electron chi connectivity index (χ2n) is 4.84. The van der Waals surface area contributed by atoms with Gasteiger partial charge in [0.15, 0.2) is 0 Å². The van der Waals surface area contributed by atoms with Crippen molar-refractivity contribution in [1.82, 2.24) is 0 Å². The topological polar surface area (TPSA) is 58.9 Å². The molecule has 0 saturated carbocycles. The summed E-state index contributed by atoms with van der Waals surface area (Å²) in [6.45, 7) is 6.92. The van der Waals surface area contributed by atoms with E-state index in [1.165, 1.54) is 0 Å². The van der Waals surface area contributed by atoms with Gasteiger partial charge < -0.3 is 19.7 Å². The minimum absolute atomic E-state index is 0.0685. The molecule has 0 fully saturated rings. The zero-order valence-corrected chi connectivity index (χ0v) is 10.2. The minimum Gasteiger partial charge on any atom is -0.393 e. The maximum atomic E-state index is 9.33. The maximum Gasteiger partial charge on any atom is 0.101 e. The average molecular weight is 220 g/mol. The molecule has 0 spiro atoms. The van der Waals surface area contributed by atoms with E-state index in [2.05, 4.69) is 0 Å². The average Bonchev–Trinajstić information content (AvgIpc) is 2.01. The van der Waals surface area contributed by atoms with Gasteiger partial charge in [-0.2, -0.15) is 0 Å². The number of aliphatic hydroxyl groups is 2. The molecule has 0 aromatic rings. The smallest absolute Gasteiger partial charge is 0.101 e. The lowest BCUT2D eigenvalue weighted by atomic mass is 9.88. The van der Waals surface area contributed by atoms with Crippen LogP contribution in [0.1, 0.15) is 27.2 Å². The molecule has 0 heterocycles. The Morgan fingerprint density at radius 3 is 2.27 bits per heavy atom. The first-order valence-electron chi connectivity index (χ1n) is 5.30. The highest BCUT2D eigenvalue weighted by Crippen LogP contribution is 2.22. The Morgan fingerprint density at radius 1 is 1.20 bits per heavy atom. The standard InChI is InChI=1S/C11H24O4/c1-9(12)5-11(2,3)8-15-7-10(13)6-14-4/h9-10,12-13H,5-8H2,1-4H3. The minimum atomic E-state index is -0.572. The number of hydrogen-bond donors (Lipinski definition) is 2. The first kappa shape index (κ1) is 14.8. The number of hydrogen-bond acceptors (Lipinski definition) is 4. The van der Waals surface area contributed by atoms with E-state index in [0.29, 0.717) is 13.0 Å². The van der Waals surface area contributed by atoms with E-state index < -0.39 is 6.10 Å². The van der Waals surface area contributed by atoms with Gasteiger partial charge in [-0.1, -0.05) is 13.8 Å². The molecule has 0 radical (unpaired) electrons. The summed E-state index contributed by atoms with van der Waals surface area (Å²) < 4.78 is 10.2. The summed E-state index contributed by atoms with van der Waals surface area (Å²) in [5, 5.41) is 18.6. The van der Waals surface area contributed by atoms with Crippen LogP contribution in [0.5, 0.6) is 0 Å². The van der Waals surface area contributed by atoms with Crippen LogP contribution in [0, 0.1) is 5.41 Å². The Balaban J connectivity index is 3.65. The summed E-state index contributed by atoms with van der Waals surface area (Å²) in [7, 11) is 1.54. The molecule has 0 aromatic carbocycles. The van der Waals surface area contributed by atoms with Gasteiger partial charge in [-0.15, -0.1) is 0 Å². The zero-order chi connectivity index (χ0) is 11.9. The third-order valence-electron chi connectivity index (χ3n) is 2.01. The Hall–Kier alpha value is -0.160. The van der Waals surface area contributed by atoms with Crippen LogP contribution in [0.4, 0.5) is 0 Å². The highest BCUT2D eigenvalue weighted by molar-refractivity contribution is 4.70. The summed E-state index contributed by atoms with van der Waals surface area (Å²) in [6, 6.07) is 0. The van der Waals surface area contributed by atoms with Gasteiger partial charge in [-0.3, -0.25) is 0 Å². The fraction of sp³-hybridized carbons (Fsp3) is 1.00. The Labute approximate surface area is 92.2 Å². The van der Waals surface area contributed by atoms with Crippen LogP contribution in [0.25, 0.3) is 0 Å². The van der Waals surface area contributed by atoms with E-state index in [-0.39, 0.29) is 24.7 Å². The first-order valence-corrected chi connectivity index (χ1v) is 5.30. The molecule has 15 heavy (non-hydrogen) atoms. The van der Waals surface area contributed by atoms with Crippen molar-refractivity contribution in [2.45, 2.75) is 39.4 Å². The molecule has 0 aliphatic rings. The molecule has 0 aliphatic carbocycles. The largest absolute Gasteiger partial charge is 0.393 e. The fourth-order valence-electron chi connectivity index (χ4n) is 1.57. The van der Waals surface area contributed by atoms with Crippen molar-refractivity contribution in [3.05, 3.63) is 0 Å². The lowest BCUT2D eigenvalue weighted by Crippen LogP contribution is -2.28. The Morgan fingerprint density at radius 2 is 1.80 bits per heavy atom. The molecule has 2 atom stereocenters. The molecule has 0 bridgehead atoms. The van der Waals surface area contributed by atoms with Gasteiger partial charge in [-0.25, -0.2) is 0 Å². The molecule has 0 rings (SSSR count). The van der Waals surface area contributed by atoms with Crippen molar-refractivity contribution in [2.24, 2.45) is 5.41 Å². The summed E-state index contributed by atoms with van der Waals surface area (Å²) in [6.07, 6.45) is -0.210. The lowest BCUT2D eigenvalue weighted by Gasteiger charge is -2.26. The number of rotatable bonds is 8. The molecule has 0 amide bonds. The van der Waals surface area contributed by atoms with Crippen LogP contribution < -0.4 is 0 Å². The van der Waals surface area contributed by atoms with Crippen LogP contribution >= 0.6 is 0 Å². The SMILES string of the molecule is COCC(O)COCC(C)(C)CC(C)O. The Kier molecular flexibility index (Phi) is 7.09. The van der Waals surface area contributed by atoms with Crippen molar-refractivity contribution in [3.8, 4) is 0 Å². The van der Waals surface area contributed by atoms with Crippen LogP contribution in [0.2, 0.25) is 0 Å². The lowest BCUT2D eigenvalue weighted by molar-refractivity contribution is -0.0340. The number of methoxy groups -OCH3 is 1. The summed E-state index contributed by atoms with van der Waals surface area (Å²) >= 11 is 0. The van der Waals surface area contributed by atoms with Crippen molar-refractivity contribution < 1.29 is 19.7 Å². The fourth-order valence-corrected chi connectivity index (χ4v) is 1.57. The van der Waals surface area contributed by atoms with Crippen molar-refractivity contribution in [3.63, 3.8) is 0 Å². The highest BCUT2D eigenvalue weighted by Gasteiger charge is 2.21. The van der Waals surface area contributed by atoms with E-state index >= 15 is 0 Å². The quantitative estimate of drug-likeness (QED) is 0.635. The third kappa shape index (κ3) is 8.81. The summed E-state index contributed by atoms with van der Waals surface area (Å²) in [4.78, 5) is 0. The van der Waals surface area contributed by atoms with Crippen molar-refractivity contribution >= 4 is 0 Å². The number of ether oxygens (including phenoxy) is 2. The molecule has 4 nitrogen and oxygen atoms in total. The van der Waals surface area contributed by atoms with E-state index in [4.69, 9.17) is 9.47 Å². The van der Waals surface area contributed by atoms with Crippen molar-refractivity contribution in [2.75, 3.05) is 26.9 Å². The van der Waals surface area contributed by atoms with Gasteiger partial charge in [0.2, 0.25) is 0 Å². The molecular formula is C11H24O4. The first-order chi connectivity index (χ1) is 6.87. The molecule has 2 N–H and O–H groups in total. The van der Waals surface area contributed by atoms with Gasteiger partial charge in [-0.05, 0) is 18.8 Å². The maximum absolute atomic E-state index is 9.33. The van der Waals surface area contributed by atoms with E-state index in [1.54, 1.807) is 14.0 Å². The molecular weight excluding hydrogens is 196 g/mol. The molecule has 0 aromatic heterocycles. The second-order valence-corrected chi connectivity index (χ2v) is 4.84. The third-order valence-corrected chi connectivity index (χ3v) is 2.01. The van der Waals surface area contributed by atoms with E-state index in [9.17, 15) is 10.2 Å². The molecule has 4 heteroatoms. The second kappa shape index (κ2) is 7.17. The predicted octanol–water partition coefficient (Wildman–Crippen LogP) is 0.807. The Bertz CT molecular complexity index is 157. The van der Waals surface area contributed by atoms with Crippen molar-refractivity contribution in [1.29, 1.82) is 0 Å². The van der Waals surface area contributed by atoms with E-state index in [0.717, 1.165) is 0 Å².